The van der Waals surface area contributed by atoms with E-state index in [0.29, 0.717) is 24.2 Å². The van der Waals surface area contributed by atoms with Crippen molar-refractivity contribution in [2.45, 2.75) is 6.42 Å². The molecule has 7 nitrogen and oxygen atoms in total. The van der Waals surface area contributed by atoms with Crippen LogP contribution in [0.1, 0.15) is 5.56 Å². The first-order chi connectivity index (χ1) is 9.86. The fraction of sp³-hybridized carbons (Fsp3) is 0.385. The van der Waals surface area contributed by atoms with E-state index < -0.39 is 10.0 Å². The number of methoxy groups -OCH3 is 1. The number of sulfonamides is 1. The van der Waals surface area contributed by atoms with Crippen LogP contribution in [0.5, 0.6) is 5.75 Å². The summed E-state index contributed by atoms with van der Waals surface area (Å²) in [6, 6.07) is 5.31. The zero-order chi connectivity index (χ0) is 15.6. The molecule has 1 aromatic heterocycles. The van der Waals surface area contributed by atoms with Gasteiger partial charge >= 0.3 is 0 Å². The molecule has 114 valence electrons. The lowest BCUT2D eigenvalue weighted by molar-refractivity contribution is 0.415. The van der Waals surface area contributed by atoms with E-state index in [-0.39, 0.29) is 0 Å². The van der Waals surface area contributed by atoms with Gasteiger partial charge in [0.1, 0.15) is 5.75 Å². The van der Waals surface area contributed by atoms with E-state index in [1.165, 1.54) is 16.0 Å². The zero-order valence-electron chi connectivity index (χ0n) is 12.1. The molecule has 21 heavy (non-hydrogen) atoms. The van der Waals surface area contributed by atoms with Gasteiger partial charge in [-0.1, -0.05) is 0 Å². The molecule has 0 atom stereocenters. The van der Waals surface area contributed by atoms with Crippen LogP contribution in [0.25, 0.3) is 10.9 Å². The van der Waals surface area contributed by atoms with Gasteiger partial charge in [-0.2, -0.15) is 0 Å². The van der Waals surface area contributed by atoms with Gasteiger partial charge in [-0.3, -0.25) is 0 Å². The maximum atomic E-state index is 11.4. The summed E-state index contributed by atoms with van der Waals surface area (Å²) in [7, 11) is -0.138. The van der Waals surface area contributed by atoms with Crippen molar-refractivity contribution in [2.24, 2.45) is 5.29 Å². The molecule has 0 radical (unpaired) electrons. The van der Waals surface area contributed by atoms with Crippen LogP contribution in [0.3, 0.4) is 0 Å². The third-order valence-corrected chi connectivity index (χ3v) is 4.74. The van der Waals surface area contributed by atoms with Crippen LogP contribution in [0.15, 0.2) is 29.7 Å². The van der Waals surface area contributed by atoms with Gasteiger partial charge < -0.3 is 4.74 Å². The van der Waals surface area contributed by atoms with E-state index in [0.717, 1.165) is 17.2 Å². The highest BCUT2D eigenvalue weighted by Crippen LogP contribution is 2.26. The van der Waals surface area contributed by atoms with E-state index in [4.69, 9.17) is 4.74 Å². The largest absolute Gasteiger partial charge is 0.497 e. The number of ether oxygens (including phenoxy) is 1. The third-order valence-electron chi connectivity index (χ3n) is 3.42. The number of rotatable bonds is 6. The minimum atomic E-state index is -3.22. The monoisotopic (exact) mass is 311 g/mol. The summed E-state index contributed by atoms with van der Waals surface area (Å²) in [5.74, 6) is 0.670. The number of hydrogen-bond donors (Lipinski definition) is 0. The van der Waals surface area contributed by atoms with E-state index >= 15 is 0 Å². The lowest BCUT2D eigenvalue weighted by atomic mass is 10.1. The van der Waals surface area contributed by atoms with Crippen molar-refractivity contribution in [3.05, 3.63) is 34.9 Å². The molecule has 0 spiro atoms. The summed E-state index contributed by atoms with van der Waals surface area (Å²) >= 11 is 0. The number of aromatic nitrogens is 1. The zero-order valence-corrected chi connectivity index (χ0v) is 12.9. The van der Waals surface area contributed by atoms with Crippen molar-refractivity contribution in [1.29, 1.82) is 0 Å². The Morgan fingerprint density at radius 3 is 2.67 bits per heavy atom. The maximum Gasteiger partial charge on any atom is 0.210 e. The molecule has 0 N–H and O–H groups in total. The predicted octanol–water partition coefficient (Wildman–Crippen LogP) is 1.61. The number of hydrogen-bond acceptors (Lipinski definition) is 5. The molecule has 0 saturated carbocycles. The smallest absolute Gasteiger partial charge is 0.210 e. The highest BCUT2D eigenvalue weighted by Gasteiger charge is 2.14. The van der Waals surface area contributed by atoms with Gasteiger partial charge in [-0.15, -0.1) is 4.91 Å². The SMILES string of the molecule is COc1ccc2c(c1)c(CCN(C)S(C)(=O)=O)cn2N=O. The lowest BCUT2D eigenvalue weighted by Gasteiger charge is -2.13. The molecule has 0 saturated heterocycles. The first kappa shape index (κ1) is 15.5. The van der Waals surface area contributed by atoms with Crippen LogP contribution in [0.2, 0.25) is 0 Å². The van der Waals surface area contributed by atoms with E-state index in [1.54, 1.807) is 25.4 Å². The van der Waals surface area contributed by atoms with E-state index in [9.17, 15) is 13.3 Å². The Kier molecular flexibility index (Phi) is 4.29. The summed E-state index contributed by atoms with van der Waals surface area (Å²) < 4.78 is 30.5. The summed E-state index contributed by atoms with van der Waals surface area (Å²) in [6.45, 7) is 0.327. The Bertz CT molecular complexity index is 767. The Morgan fingerprint density at radius 2 is 2.10 bits per heavy atom. The first-order valence-corrected chi connectivity index (χ1v) is 8.14. The second-order valence-corrected chi connectivity index (χ2v) is 6.89. The molecular formula is C13H17N3O4S. The highest BCUT2D eigenvalue weighted by molar-refractivity contribution is 7.88. The Balaban J connectivity index is 2.36. The van der Waals surface area contributed by atoms with Gasteiger partial charge in [-0.05, 0) is 30.2 Å². The predicted molar refractivity (Wildman–Crippen MR) is 80.9 cm³/mol. The van der Waals surface area contributed by atoms with Crippen LogP contribution < -0.4 is 4.74 Å². The van der Waals surface area contributed by atoms with Crippen molar-refractivity contribution in [3.63, 3.8) is 0 Å². The second kappa shape index (κ2) is 5.82. The van der Waals surface area contributed by atoms with Gasteiger partial charge in [0.25, 0.3) is 0 Å². The van der Waals surface area contributed by atoms with Gasteiger partial charge in [0, 0.05) is 25.2 Å². The van der Waals surface area contributed by atoms with Crippen LogP contribution in [0, 0.1) is 4.91 Å². The van der Waals surface area contributed by atoms with E-state index in [2.05, 4.69) is 5.29 Å². The first-order valence-electron chi connectivity index (χ1n) is 6.29. The number of nitroso groups, excluding NO2 is 1. The molecule has 0 unspecified atom stereocenters. The average molecular weight is 311 g/mol. The number of likely N-dealkylation sites (N-methyl/N-ethyl adjacent to an activating group) is 1. The van der Waals surface area contributed by atoms with Crippen molar-refractivity contribution in [3.8, 4) is 5.75 Å². The van der Waals surface area contributed by atoms with Crippen LogP contribution in [-0.2, 0) is 16.4 Å². The number of nitrogens with zero attached hydrogens (tertiary/aromatic N) is 3. The van der Waals surface area contributed by atoms with Gasteiger partial charge in [-0.25, -0.2) is 17.4 Å². The van der Waals surface area contributed by atoms with Crippen molar-refractivity contribution in [1.82, 2.24) is 8.98 Å². The molecule has 0 bridgehead atoms. The van der Waals surface area contributed by atoms with Crippen molar-refractivity contribution in [2.75, 3.05) is 27.0 Å². The fourth-order valence-electron chi connectivity index (χ4n) is 2.10. The Morgan fingerprint density at radius 1 is 1.38 bits per heavy atom. The average Bonchev–Trinajstić information content (AvgIpc) is 2.80. The van der Waals surface area contributed by atoms with Crippen LogP contribution >= 0.6 is 0 Å². The molecule has 8 heteroatoms. The molecule has 0 aliphatic rings. The molecule has 0 aliphatic carbocycles. The Hall–Kier alpha value is -1.93. The quantitative estimate of drug-likeness (QED) is 0.759. The molecule has 2 rings (SSSR count). The second-order valence-electron chi connectivity index (χ2n) is 4.80. The highest BCUT2D eigenvalue weighted by atomic mass is 32.2. The standard InChI is InChI=1S/C13H17N3O4S/c1-15(21(3,18)19)7-6-10-9-16(14-17)13-5-4-11(20-2)8-12(10)13/h4-5,8-9H,6-7H2,1-3H3. The molecule has 0 fully saturated rings. The third kappa shape index (κ3) is 3.22. The molecule has 1 aromatic carbocycles. The molecule has 0 aliphatic heterocycles. The maximum absolute atomic E-state index is 11.4. The molecular weight excluding hydrogens is 294 g/mol. The summed E-state index contributed by atoms with van der Waals surface area (Å²) in [5.41, 5.74) is 1.52. The number of fused-ring (bicyclic) bond motifs is 1. The van der Waals surface area contributed by atoms with Gasteiger partial charge in [0.15, 0.2) is 0 Å². The van der Waals surface area contributed by atoms with Gasteiger partial charge in [0.2, 0.25) is 10.0 Å². The summed E-state index contributed by atoms with van der Waals surface area (Å²) in [4.78, 5) is 10.9. The molecule has 1 heterocycles. The van der Waals surface area contributed by atoms with Gasteiger partial charge in [0.05, 0.1) is 24.2 Å². The molecule has 2 aromatic rings. The lowest BCUT2D eigenvalue weighted by Crippen LogP contribution is -2.27. The van der Waals surface area contributed by atoms with Crippen LogP contribution in [-0.4, -0.2) is 44.4 Å². The van der Waals surface area contributed by atoms with Crippen molar-refractivity contribution >= 4 is 20.9 Å². The Labute approximate surface area is 123 Å². The normalized spacial score (nSPS) is 12.0. The van der Waals surface area contributed by atoms with Crippen LogP contribution in [0.4, 0.5) is 0 Å². The summed E-state index contributed by atoms with van der Waals surface area (Å²) in [5, 5.41) is 3.77. The minimum Gasteiger partial charge on any atom is -0.497 e. The summed E-state index contributed by atoms with van der Waals surface area (Å²) in [6.07, 6.45) is 3.26. The van der Waals surface area contributed by atoms with E-state index in [1.807, 2.05) is 6.07 Å². The molecule has 0 amide bonds. The topological polar surface area (TPSA) is 81.0 Å². The van der Waals surface area contributed by atoms with Crippen molar-refractivity contribution < 1.29 is 13.2 Å². The number of benzene rings is 1. The fourth-order valence-corrected chi connectivity index (χ4v) is 2.52. The minimum absolute atomic E-state index is 0.327.